The molecular weight excluding hydrogens is 144 g/mol. The molecule has 0 N–H and O–H groups in total. The van der Waals surface area contributed by atoms with E-state index in [-0.39, 0.29) is 24.6 Å². The molecule has 3 nitrogen and oxygen atoms in total. The second-order valence-corrected chi connectivity index (χ2v) is 2.83. The molecule has 0 aromatic carbocycles. The third kappa shape index (κ3) is 2.01. The SMILES string of the molecule is CCC1CC(=O)COC1OC. The van der Waals surface area contributed by atoms with E-state index in [4.69, 9.17) is 9.47 Å². The van der Waals surface area contributed by atoms with E-state index in [0.717, 1.165) is 6.42 Å². The minimum Gasteiger partial charge on any atom is -0.356 e. The lowest BCUT2D eigenvalue weighted by Crippen LogP contribution is -2.35. The average molecular weight is 158 g/mol. The van der Waals surface area contributed by atoms with E-state index < -0.39 is 0 Å². The predicted molar refractivity (Wildman–Crippen MR) is 40.2 cm³/mol. The summed E-state index contributed by atoms with van der Waals surface area (Å²) in [5.41, 5.74) is 0. The van der Waals surface area contributed by atoms with Gasteiger partial charge in [0.2, 0.25) is 0 Å². The second-order valence-electron chi connectivity index (χ2n) is 2.83. The van der Waals surface area contributed by atoms with Gasteiger partial charge in [0.05, 0.1) is 0 Å². The van der Waals surface area contributed by atoms with Crippen LogP contribution in [0.3, 0.4) is 0 Å². The minimum atomic E-state index is -0.169. The highest BCUT2D eigenvalue weighted by molar-refractivity contribution is 5.80. The standard InChI is InChI=1S/C8H14O3/c1-3-6-4-7(9)5-11-8(6)10-2/h6,8H,3-5H2,1-2H3. The predicted octanol–water partition coefficient (Wildman–Crippen LogP) is 0.975. The van der Waals surface area contributed by atoms with E-state index in [9.17, 15) is 4.79 Å². The number of Topliss-reactive ketones (excluding diaryl/α,β-unsaturated/α-hetero) is 1. The Hall–Kier alpha value is -0.410. The lowest BCUT2D eigenvalue weighted by Gasteiger charge is -2.28. The summed E-state index contributed by atoms with van der Waals surface area (Å²) in [6, 6.07) is 0. The van der Waals surface area contributed by atoms with Crippen molar-refractivity contribution >= 4 is 5.78 Å². The zero-order chi connectivity index (χ0) is 8.27. The fraction of sp³-hybridized carbons (Fsp3) is 0.875. The molecule has 11 heavy (non-hydrogen) atoms. The number of ketones is 1. The molecule has 1 heterocycles. The summed E-state index contributed by atoms with van der Waals surface area (Å²) in [6.45, 7) is 2.26. The Morgan fingerprint density at radius 3 is 3.00 bits per heavy atom. The molecule has 1 aliphatic rings. The van der Waals surface area contributed by atoms with Gasteiger partial charge < -0.3 is 9.47 Å². The molecule has 64 valence electrons. The van der Waals surface area contributed by atoms with E-state index in [1.165, 1.54) is 0 Å². The summed E-state index contributed by atoms with van der Waals surface area (Å²) in [5.74, 6) is 0.436. The minimum absolute atomic E-state index is 0.169. The van der Waals surface area contributed by atoms with Gasteiger partial charge in [-0.15, -0.1) is 0 Å². The molecule has 2 atom stereocenters. The molecule has 0 aromatic rings. The summed E-state index contributed by atoms with van der Waals surface area (Å²) in [4.78, 5) is 10.9. The highest BCUT2D eigenvalue weighted by Gasteiger charge is 2.28. The van der Waals surface area contributed by atoms with Crippen LogP contribution in [0.15, 0.2) is 0 Å². The average Bonchev–Trinajstić information content (AvgIpc) is 2.04. The molecular formula is C8H14O3. The highest BCUT2D eigenvalue weighted by atomic mass is 16.7. The van der Waals surface area contributed by atoms with Crippen LogP contribution in [0.5, 0.6) is 0 Å². The third-order valence-corrected chi connectivity index (χ3v) is 2.04. The number of ether oxygens (including phenoxy) is 2. The largest absolute Gasteiger partial charge is 0.356 e. The maximum absolute atomic E-state index is 10.9. The van der Waals surface area contributed by atoms with Gasteiger partial charge in [-0.25, -0.2) is 0 Å². The first-order chi connectivity index (χ1) is 5.27. The summed E-state index contributed by atoms with van der Waals surface area (Å²) in [5, 5.41) is 0. The topological polar surface area (TPSA) is 35.5 Å². The van der Waals surface area contributed by atoms with E-state index in [1.54, 1.807) is 7.11 Å². The van der Waals surface area contributed by atoms with Crippen LogP contribution in [0.2, 0.25) is 0 Å². The van der Waals surface area contributed by atoms with Gasteiger partial charge in [-0.1, -0.05) is 6.92 Å². The zero-order valence-electron chi connectivity index (χ0n) is 7.00. The van der Waals surface area contributed by atoms with Crippen LogP contribution in [-0.2, 0) is 14.3 Å². The van der Waals surface area contributed by atoms with Crippen LogP contribution in [0, 0.1) is 5.92 Å². The van der Waals surface area contributed by atoms with Gasteiger partial charge in [0.15, 0.2) is 12.1 Å². The molecule has 0 amide bonds. The lowest BCUT2D eigenvalue weighted by molar-refractivity contribution is -0.183. The van der Waals surface area contributed by atoms with Crippen LogP contribution >= 0.6 is 0 Å². The molecule has 1 aliphatic heterocycles. The van der Waals surface area contributed by atoms with E-state index in [2.05, 4.69) is 0 Å². The quantitative estimate of drug-likeness (QED) is 0.600. The Balaban J connectivity index is 2.48. The number of carbonyl (C=O) groups excluding carboxylic acids is 1. The summed E-state index contributed by atoms with van der Waals surface area (Å²) in [6.07, 6.45) is 1.37. The molecule has 0 bridgehead atoms. The van der Waals surface area contributed by atoms with Crippen molar-refractivity contribution in [1.29, 1.82) is 0 Å². The molecule has 1 saturated heterocycles. The Morgan fingerprint density at radius 2 is 2.45 bits per heavy atom. The van der Waals surface area contributed by atoms with Crippen molar-refractivity contribution in [2.75, 3.05) is 13.7 Å². The van der Waals surface area contributed by atoms with Crippen molar-refractivity contribution in [3.8, 4) is 0 Å². The summed E-state index contributed by atoms with van der Waals surface area (Å²) < 4.78 is 10.2. The summed E-state index contributed by atoms with van der Waals surface area (Å²) >= 11 is 0. The normalized spacial score (nSPS) is 32.4. The molecule has 3 heteroatoms. The Morgan fingerprint density at radius 1 is 1.73 bits per heavy atom. The zero-order valence-corrected chi connectivity index (χ0v) is 7.00. The lowest BCUT2D eigenvalue weighted by atomic mass is 9.97. The van der Waals surface area contributed by atoms with Crippen molar-refractivity contribution in [1.82, 2.24) is 0 Å². The van der Waals surface area contributed by atoms with E-state index in [1.807, 2.05) is 6.92 Å². The van der Waals surface area contributed by atoms with Gasteiger partial charge in [-0.2, -0.15) is 0 Å². The van der Waals surface area contributed by atoms with Crippen LogP contribution < -0.4 is 0 Å². The summed E-state index contributed by atoms with van der Waals surface area (Å²) in [7, 11) is 1.61. The van der Waals surface area contributed by atoms with Gasteiger partial charge >= 0.3 is 0 Å². The monoisotopic (exact) mass is 158 g/mol. The smallest absolute Gasteiger partial charge is 0.160 e. The fourth-order valence-electron chi connectivity index (χ4n) is 1.36. The number of rotatable bonds is 2. The van der Waals surface area contributed by atoms with Crippen molar-refractivity contribution in [2.24, 2.45) is 5.92 Å². The van der Waals surface area contributed by atoms with Crippen LogP contribution in [-0.4, -0.2) is 25.8 Å². The highest BCUT2D eigenvalue weighted by Crippen LogP contribution is 2.21. The van der Waals surface area contributed by atoms with Crippen molar-refractivity contribution in [2.45, 2.75) is 26.1 Å². The molecule has 0 radical (unpaired) electrons. The van der Waals surface area contributed by atoms with Crippen molar-refractivity contribution < 1.29 is 14.3 Å². The van der Waals surface area contributed by atoms with Gasteiger partial charge in [0.25, 0.3) is 0 Å². The Kier molecular flexibility index (Phi) is 3.02. The number of hydrogen-bond donors (Lipinski definition) is 0. The molecule has 0 aromatic heterocycles. The third-order valence-electron chi connectivity index (χ3n) is 2.04. The van der Waals surface area contributed by atoms with E-state index >= 15 is 0 Å². The second kappa shape index (κ2) is 3.83. The van der Waals surface area contributed by atoms with Crippen LogP contribution in [0.25, 0.3) is 0 Å². The molecule has 0 spiro atoms. The van der Waals surface area contributed by atoms with Gasteiger partial charge in [-0.05, 0) is 6.42 Å². The first-order valence-electron chi connectivity index (χ1n) is 3.94. The van der Waals surface area contributed by atoms with Crippen LogP contribution in [0.1, 0.15) is 19.8 Å². The fourth-order valence-corrected chi connectivity index (χ4v) is 1.36. The molecule has 1 fully saturated rings. The Bertz CT molecular complexity index is 144. The van der Waals surface area contributed by atoms with Gasteiger partial charge in [-0.3, -0.25) is 4.79 Å². The molecule has 0 saturated carbocycles. The first-order valence-corrected chi connectivity index (χ1v) is 3.94. The van der Waals surface area contributed by atoms with E-state index in [0.29, 0.717) is 6.42 Å². The maximum atomic E-state index is 10.9. The first kappa shape index (κ1) is 8.68. The molecule has 0 aliphatic carbocycles. The number of hydrogen-bond acceptors (Lipinski definition) is 3. The van der Waals surface area contributed by atoms with Crippen LogP contribution in [0.4, 0.5) is 0 Å². The number of methoxy groups -OCH3 is 1. The van der Waals surface area contributed by atoms with Gasteiger partial charge in [0, 0.05) is 19.4 Å². The Labute approximate surface area is 66.7 Å². The molecule has 2 unspecified atom stereocenters. The van der Waals surface area contributed by atoms with Crippen molar-refractivity contribution in [3.63, 3.8) is 0 Å². The molecule has 1 rings (SSSR count). The number of carbonyl (C=O) groups is 1. The maximum Gasteiger partial charge on any atom is 0.160 e. The van der Waals surface area contributed by atoms with Gasteiger partial charge in [0.1, 0.15) is 6.61 Å². The van der Waals surface area contributed by atoms with Crippen molar-refractivity contribution in [3.05, 3.63) is 0 Å².